The van der Waals surface area contributed by atoms with Gasteiger partial charge in [0.2, 0.25) is 0 Å². The van der Waals surface area contributed by atoms with Gasteiger partial charge < -0.3 is 0 Å². The molecule has 2 rings (SSSR count). The van der Waals surface area contributed by atoms with Gasteiger partial charge in [-0.15, -0.1) is 0 Å². The molecule has 16 heavy (non-hydrogen) atoms. The van der Waals surface area contributed by atoms with E-state index in [2.05, 4.69) is 0 Å². The minimum absolute atomic E-state index is 0.0423. The molecule has 0 unspecified atom stereocenters. The summed E-state index contributed by atoms with van der Waals surface area (Å²) in [6, 6.07) is 5.42. The molecule has 0 aliphatic carbocycles. The predicted octanol–water partition coefficient (Wildman–Crippen LogP) is 4.25. The van der Waals surface area contributed by atoms with Crippen molar-refractivity contribution < 1.29 is 4.79 Å². The van der Waals surface area contributed by atoms with E-state index < -0.39 is 0 Å². The smallest absolute Gasteiger partial charge is 0.194 e. The maximum atomic E-state index is 12.1. The van der Waals surface area contributed by atoms with Crippen molar-refractivity contribution in [3.63, 3.8) is 0 Å². The minimum atomic E-state index is 0.0423. The third-order valence-electron chi connectivity index (χ3n) is 2.53. The lowest BCUT2D eigenvalue weighted by Crippen LogP contribution is -2.01. The minimum Gasteiger partial charge on any atom is -0.289 e. The van der Waals surface area contributed by atoms with Crippen molar-refractivity contribution in [2.75, 3.05) is 0 Å². The highest BCUT2D eigenvalue weighted by Crippen LogP contribution is 2.22. The summed E-state index contributed by atoms with van der Waals surface area (Å²) in [4.78, 5) is 12.1. The molecule has 82 valence electrons. The highest BCUT2D eigenvalue weighted by molar-refractivity contribution is 7.08. The second-order valence-electron chi connectivity index (χ2n) is 3.76. The van der Waals surface area contributed by atoms with Crippen LogP contribution < -0.4 is 0 Å². The monoisotopic (exact) mass is 250 g/mol. The van der Waals surface area contributed by atoms with Gasteiger partial charge in [-0.3, -0.25) is 4.79 Å². The summed E-state index contributed by atoms with van der Waals surface area (Å²) < 4.78 is 0. The number of thiophene rings is 1. The average molecular weight is 251 g/mol. The number of rotatable bonds is 2. The lowest BCUT2D eigenvalue weighted by atomic mass is 10.0. The summed E-state index contributed by atoms with van der Waals surface area (Å²) in [5.74, 6) is 0.0423. The van der Waals surface area contributed by atoms with Crippen LogP contribution in [0, 0.1) is 13.8 Å². The van der Waals surface area contributed by atoms with E-state index in [1.54, 1.807) is 17.4 Å². The first-order valence-electron chi connectivity index (χ1n) is 4.93. The standard InChI is InChI=1S/C13H11ClOS/c1-8-3-4-10(5-12(8)14)13(15)11-7-16-6-9(11)2/h3-7H,1-2H3. The molecule has 1 aromatic carbocycles. The zero-order valence-corrected chi connectivity index (χ0v) is 10.7. The summed E-state index contributed by atoms with van der Waals surface area (Å²) in [6.07, 6.45) is 0. The van der Waals surface area contributed by atoms with Crippen LogP contribution in [-0.2, 0) is 0 Å². The quantitative estimate of drug-likeness (QED) is 0.729. The van der Waals surface area contributed by atoms with Crippen LogP contribution in [0.25, 0.3) is 0 Å². The molecular weight excluding hydrogens is 240 g/mol. The number of halogens is 1. The number of hydrogen-bond donors (Lipinski definition) is 0. The van der Waals surface area contributed by atoms with E-state index in [0.29, 0.717) is 10.6 Å². The van der Waals surface area contributed by atoms with Gasteiger partial charge in [-0.25, -0.2) is 0 Å². The Labute approximate surface area is 104 Å². The molecule has 2 aromatic rings. The normalized spacial score (nSPS) is 10.4. The Hall–Kier alpha value is -1.12. The fourth-order valence-corrected chi connectivity index (χ4v) is 2.49. The first-order chi connectivity index (χ1) is 7.59. The predicted molar refractivity (Wildman–Crippen MR) is 68.7 cm³/mol. The molecule has 0 aliphatic rings. The second-order valence-corrected chi connectivity index (χ2v) is 4.91. The molecule has 0 radical (unpaired) electrons. The maximum absolute atomic E-state index is 12.1. The van der Waals surface area contributed by atoms with E-state index in [1.165, 1.54) is 0 Å². The summed E-state index contributed by atoms with van der Waals surface area (Å²) in [6.45, 7) is 3.87. The molecule has 0 saturated carbocycles. The number of aryl methyl sites for hydroxylation is 2. The van der Waals surface area contributed by atoms with E-state index in [4.69, 9.17) is 11.6 Å². The zero-order chi connectivity index (χ0) is 11.7. The Kier molecular flexibility index (Phi) is 3.13. The van der Waals surface area contributed by atoms with Gasteiger partial charge in [0.15, 0.2) is 5.78 Å². The lowest BCUT2D eigenvalue weighted by molar-refractivity contribution is 0.103. The van der Waals surface area contributed by atoms with Crippen LogP contribution in [0.4, 0.5) is 0 Å². The molecular formula is C13H11ClOS. The highest BCUT2D eigenvalue weighted by atomic mass is 35.5. The number of carbonyl (C=O) groups is 1. The molecule has 0 N–H and O–H groups in total. The van der Waals surface area contributed by atoms with Gasteiger partial charge in [-0.1, -0.05) is 23.7 Å². The van der Waals surface area contributed by atoms with E-state index in [-0.39, 0.29) is 5.78 Å². The largest absolute Gasteiger partial charge is 0.289 e. The summed E-state index contributed by atoms with van der Waals surface area (Å²) >= 11 is 7.55. The summed E-state index contributed by atoms with van der Waals surface area (Å²) in [5, 5.41) is 4.49. The molecule has 0 amide bonds. The Morgan fingerprint density at radius 2 is 1.94 bits per heavy atom. The van der Waals surface area contributed by atoms with E-state index in [1.807, 2.05) is 36.7 Å². The number of carbonyl (C=O) groups excluding carboxylic acids is 1. The maximum Gasteiger partial charge on any atom is 0.194 e. The van der Waals surface area contributed by atoms with Crippen LogP contribution in [0.1, 0.15) is 27.0 Å². The van der Waals surface area contributed by atoms with Gasteiger partial charge >= 0.3 is 0 Å². The van der Waals surface area contributed by atoms with Gasteiger partial charge in [-0.05, 0) is 36.4 Å². The van der Waals surface area contributed by atoms with Crippen molar-refractivity contribution in [3.05, 3.63) is 56.2 Å². The highest BCUT2D eigenvalue weighted by Gasteiger charge is 2.13. The summed E-state index contributed by atoms with van der Waals surface area (Å²) in [7, 11) is 0. The Bertz CT molecular complexity index is 543. The third kappa shape index (κ3) is 2.04. The lowest BCUT2D eigenvalue weighted by Gasteiger charge is -2.03. The molecule has 0 aliphatic heterocycles. The van der Waals surface area contributed by atoms with Gasteiger partial charge in [0.05, 0.1) is 0 Å². The Morgan fingerprint density at radius 1 is 1.19 bits per heavy atom. The molecule has 1 aromatic heterocycles. The van der Waals surface area contributed by atoms with Crippen molar-refractivity contribution in [2.45, 2.75) is 13.8 Å². The van der Waals surface area contributed by atoms with Crippen molar-refractivity contribution in [3.8, 4) is 0 Å². The van der Waals surface area contributed by atoms with Gasteiger partial charge in [-0.2, -0.15) is 11.3 Å². The zero-order valence-electron chi connectivity index (χ0n) is 9.08. The van der Waals surface area contributed by atoms with Gasteiger partial charge in [0, 0.05) is 21.5 Å². The Morgan fingerprint density at radius 3 is 2.50 bits per heavy atom. The third-order valence-corrected chi connectivity index (χ3v) is 3.80. The molecule has 1 nitrogen and oxygen atoms in total. The SMILES string of the molecule is Cc1ccc(C(=O)c2cscc2C)cc1Cl. The van der Waals surface area contributed by atoms with Gasteiger partial charge in [0.25, 0.3) is 0 Å². The van der Waals surface area contributed by atoms with E-state index >= 15 is 0 Å². The second kappa shape index (κ2) is 4.40. The topological polar surface area (TPSA) is 17.1 Å². The van der Waals surface area contributed by atoms with Crippen LogP contribution in [0.3, 0.4) is 0 Å². The van der Waals surface area contributed by atoms with Crippen molar-refractivity contribution in [2.24, 2.45) is 0 Å². The molecule has 0 spiro atoms. The molecule has 0 fully saturated rings. The fourth-order valence-electron chi connectivity index (χ4n) is 1.48. The molecule has 0 atom stereocenters. The molecule has 1 heterocycles. The first-order valence-corrected chi connectivity index (χ1v) is 6.25. The number of benzene rings is 1. The van der Waals surface area contributed by atoms with E-state index in [0.717, 1.165) is 16.7 Å². The van der Waals surface area contributed by atoms with E-state index in [9.17, 15) is 4.79 Å². The number of hydrogen-bond acceptors (Lipinski definition) is 2. The molecule has 3 heteroatoms. The van der Waals surface area contributed by atoms with Crippen molar-refractivity contribution in [1.29, 1.82) is 0 Å². The number of ketones is 1. The van der Waals surface area contributed by atoms with Crippen LogP contribution in [-0.4, -0.2) is 5.78 Å². The molecule has 0 bridgehead atoms. The van der Waals surface area contributed by atoms with Gasteiger partial charge in [0.1, 0.15) is 0 Å². The first kappa shape index (κ1) is 11.4. The fraction of sp³-hybridized carbons (Fsp3) is 0.154. The van der Waals surface area contributed by atoms with Crippen LogP contribution >= 0.6 is 22.9 Å². The molecule has 0 saturated heterocycles. The Balaban J connectivity index is 2.42. The van der Waals surface area contributed by atoms with Crippen LogP contribution in [0.2, 0.25) is 5.02 Å². The van der Waals surface area contributed by atoms with Crippen molar-refractivity contribution in [1.82, 2.24) is 0 Å². The van der Waals surface area contributed by atoms with Crippen molar-refractivity contribution >= 4 is 28.7 Å². The average Bonchev–Trinajstić information content (AvgIpc) is 2.67. The van der Waals surface area contributed by atoms with Crippen LogP contribution in [0.15, 0.2) is 29.0 Å². The summed E-state index contributed by atoms with van der Waals surface area (Å²) in [5.41, 5.74) is 3.42. The van der Waals surface area contributed by atoms with Crippen LogP contribution in [0.5, 0.6) is 0 Å².